The number of aliphatic carboxylic acids is 4. The molecule has 0 bridgehead atoms. The lowest BCUT2D eigenvalue weighted by Gasteiger charge is -2.62. The summed E-state index contributed by atoms with van der Waals surface area (Å²) in [5, 5.41) is 52.6. The fourth-order valence-corrected chi connectivity index (χ4v) is 11.4. The van der Waals surface area contributed by atoms with Gasteiger partial charge >= 0.3 is 23.9 Å². The van der Waals surface area contributed by atoms with E-state index >= 15 is 0 Å². The topological polar surface area (TPSA) is 231 Å². The van der Waals surface area contributed by atoms with Gasteiger partial charge in [0.1, 0.15) is 6.04 Å². The van der Waals surface area contributed by atoms with Crippen molar-refractivity contribution < 1.29 is 49.5 Å². The Balaban J connectivity index is 1.33. The van der Waals surface area contributed by atoms with E-state index in [-0.39, 0.29) is 74.1 Å². The second-order valence-corrected chi connectivity index (χ2v) is 16.6. The van der Waals surface area contributed by atoms with E-state index in [9.17, 15) is 39.3 Å². The van der Waals surface area contributed by atoms with Gasteiger partial charge in [-0.25, -0.2) is 0 Å². The highest BCUT2D eigenvalue weighted by atomic mass is 16.4. The quantitative estimate of drug-likeness (QED) is 0.102. The van der Waals surface area contributed by atoms with Crippen LogP contribution in [0, 0.1) is 46.3 Å². The molecule has 0 heterocycles. The van der Waals surface area contributed by atoms with Crippen molar-refractivity contribution in [3.8, 4) is 0 Å². The molecule has 4 rings (SSSR count). The van der Waals surface area contributed by atoms with Crippen molar-refractivity contribution in [1.29, 1.82) is 0 Å². The Morgan fingerprint density at radius 3 is 2.12 bits per heavy atom. The smallest absolute Gasteiger partial charge is 0.320 e. The monoisotopic (exact) mass is 722 g/mol. The van der Waals surface area contributed by atoms with Gasteiger partial charge in [-0.3, -0.25) is 33.8 Å². The Labute approximate surface area is 301 Å². The molecule has 51 heavy (non-hydrogen) atoms. The van der Waals surface area contributed by atoms with Crippen molar-refractivity contribution in [2.24, 2.45) is 52.1 Å². The molecule has 11 atom stereocenters. The van der Waals surface area contributed by atoms with Crippen LogP contribution in [0.1, 0.15) is 97.8 Å². The van der Waals surface area contributed by atoms with Crippen molar-refractivity contribution in [2.75, 3.05) is 39.3 Å². The predicted octanol–water partition coefficient (Wildman–Crippen LogP) is 2.57. The summed E-state index contributed by atoms with van der Waals surface area (Å²) in [4.78, 5) is 62.0. The van der Waals surface area contributed by atoms with Crippen LogP contribution in [0.4, 0.5) is 0 Å². The van der Waals surface area contributed by atoms with Crippen LogP contribution in [0.25, 0.3) is 0 Å². The lowest BCUT2D eigenvalue weighted by Crippen LogP contribution is -2.59. The number of carboxylic acids is 4. The molecule has 0 radical (unpaired) electrons. The number of carbonyl (C=O) groups excluding carboxylic acids is 1. The first-order valence-electron chi connectivity index (χ1n) is 19.0. The molecule has 0 aromatic carbocycles. The molecule has 0 spiro atoms. The molecular formula is C37H62N4O10. The van der Waals surface area contributed by atoms with E-state index in [1.54, 1.807) is 4.90 Å². The number of carboxylic acid groups (broad SMARTS) is 4. The minimum atomic E-state index is -1.19. The average Bonchev–Trinajstić information content (AvgIpc) is 3.41. The number of fused-ring (bicyclic) bond motifs is 5. The van der Waals surface area contributed by atoms with Crippen molar-refractivity contribution in [3.05, 3.63) is 0 Å². The first-order valence-corrected chi connectivity index (χ1v) is 19.0. The highest BCUT2D eigenvalue weighted by molar-refractivity contribution is 5.78. The molecule has 1 amide bonds. The van der Waals surface area contributed by atoms with Crippen LogP contribution in [0.5, 0.6) is 0 Å². The molecule has 0 aromatic heterocycles. The molecule has 4 saturated carbocycles. The fraction of sp³-hybridized carbons (Fsp3) is 0.865. The number of nitrogens with zero attached hydrogens (tertiary/aromatic N) is 2. The first kappa shape index (κ1) is 41.0. The summed E-state index contributed by atoms with van der Waals surface area (Å²) >= 11 is 0. The summed E-state index contributed by atoms with van der Waals surface area (Å²) in [6.07, 6.45) is 8.08. The molecule has 4 aliphatic carbocycles. The number of nitrogens with one attached hydrogen (secondary N) is 1. The van der Waals surface area contributed by atoms with Crippen molar-refractivity contribution >= 4 is 29.8 Å². The highest BCUT2D eigenvalue weighted by Crippen LogP contribution is 2.68. The predicted molar refractivity (Wildman–Crippen MR) is 188 cm³/mol. The van der Waals surface area contributed by atoms with E-state index in [0.717, 1.165) is 51.4 Å². The minimum absolute atomic E-state index is 0.00630. The zero-order valence-electron chi connectivity index (χ0n) is 30.7. The number of hydrogen-bond acceptors (Lipinski definition) is 9. The summed E-state index contributed by atoms with van der Waals surface area (Å²) in [6, 6.07) is -1.06. The van der Waals surface area contributed by atoms with Crippen molar-refractivity contribution in [2.45, 2.75) is 116 Å². The number of rotatable bonds is 19. The van der Waals surface area contributed by atoms with Crippen molar-refractivity contribution in [3.63, 3.8) is 0 Å². The Morgan fingerprint density at radius 1 is 0.824 bits per heavy atom. The van der Waals surface area contributed by atoms with Gasteiger partial charge in [-0.2, -0.15) is 0 Å². The lowest BCUT2D eigenvalue weighted by atomic mass is 9.43. The zero-order valence-corrected chi connectivity index (χ0v) is 30.7. The van der Waals surface area contributed by atoms with Gasteiger partial charge < -0.3 is 36.6 Å². The van der Waals surface area contributed by atoms with Gasteiger partial charge in [0.15, 0.2) is 0 Å². The summed E-state index contributed by atoms with van der Waals surface area (Å²) in [7, 11) is 0. The molecule has 4 fully saturated rings. The highest BCUT2D eigenvalue weighted by Gasteiger charge is 2.63. The molecule has 8 N–H and O–H groups in total. The van der Waals surface area contributed by atoms with Crippen LogP contribution in [0.15, 0.2) is 0 Å². The van der Waals surface area contributed by atoms with Crippen molar-refractivity contribution in [1.82, 2.24) is 15.1 Å². The van der Waals surface area contributed by atoms with Gasteiger partial charge in [0.2, 0.25) is 5.91 Å². The minimum Gasteiger partial charge on any atom is -0.481 e. The van der Waals surface area contributed by atoms with Crippen LogP contribution in [-0.4, -0.2) is 123 Å². The second kappa shape index (κ2) is 17.3. The molecule has 14 heteroatoms. The molecule has 5 unspecified atom stereocenters. The van der Waals surface area contributed by atoms with E-state index < -0.39 is 49.1 Å². The first-order chi connectivity index (χ1) is 24.0. The number of carbonyl (C=O) groups is 5. The maximum Gasteiger partial charge on any atom is 0.320 e. The Hall–Kier alpha value is -2.81. The number of aliphatic hydroxyl groups excluding tert-OH is 1. The third-order valence-corrected chi connectivity index (χ3v) is 13.9. The van der Waals surface area contributed by atoms with Crippen LogP contribution in [0.2, 0.25) is 0 Å². The summed E-state index contributed by atoms with van der Waals surface area (Å²) in [5.41, 5.74) is 5.61. The van der Waals surface area contributed by atoms with Gasteiger partial charge in [0.05, 0.1) is 19.2 Å². The normalized spacial score (nSPS) is 34.2. The van der Waals surface area contributed by atoms with Gasteiger partial charge in [-0.05, 0) is 111 Å². The van der Waals surface area contributed by atoms with E-state index in [1.165, 1.54) is 4.90 Å². The average molecular weight is 723 g/mol. The molecule has 290 valence electrons. The molecule has 4 aliphatic rings. The van der Waals surface area contributed by atoms with E-state index in [4.69, 9.17) is 15.9 Å². The standard InChI is InChI=1S/C37H62N4O10/c1-22(4-11-32(44)45)26-7-8-27-25-6-5-23-18-24(12-13-36(23,2)28(25)19-30(42)37(26,27)3)39-31(43)10-9-29(35(50)51)41(15-14-38)17-16-40(20-33(46)47)21-34(48)49/h22-30,42H,4-21,38H2,1-3H3,(H,39,43)(H,44,45)(H,46,47)(H,48,49)(H,50,51)/t22?,23-,24+,25?,26?,27?,28?,29+,30+,36+,37-/m1/s1. The van der Waals surface area contributed by atoms with Gasteiger partial charge in [-0.1, -0.05) is 20.8 Å². The molecule has 0 aromatic rings. The molecule has 14 nitrogen and oxygen atoms in total. The van der Waals surface area contributed by atoms with Crippen LogP contribution in [-0.2, 0) is 24.0 Å². The Bertz CT molecular complexity index is 1250. The van der Waals surface area contributed by atoms with E-state index in [2.05, 4.69) is 26.1 Å². The molecule has 0 aliphatic heterocycles. The van der Waals surface area contributed by atoms with E-state index in [0.29, 0.717) is 36.0 Å². The second-order valence-electron chi connectivity index (χ2n) is 16.6. The summed E-state index contributed by atoms with van der Waals surface area (Å²) in [6.45, 7) is 6.26. The SMILES string of the molecule is CC(CCC(=O)O)C1CCC2C3CC[C@@H]4C[C@@H](NC(=O)CC[C@@H](C(=O)O)N(CCN)CCN(CC(=O)O)CC(=O)O)CC[C@]4(C)C3C[C@H](O)[C@]12C. The maximum atomic E-state index is 13.2. The van der Waals surface area contributed by atoms with Crippen LogP contribution >= 0.6 is 0 Å². The Kier molecular flexibility index (Phi) is 13.9. The zero-order chi connectivity index (χ0) is 37.7. The Morgan fingerprint density at radius 2 is 1.51 bits per heavy atom. The number of amides is 1. The van der Waals surface area contributed by atoms with Crippen LogP contribution < -0.4 is 11.1 Å². The van der Waals surface area contributed by atoms with Gasteiger partial charge in [-0.15, -0.1) is 0 Å². The summed E-state index contributed by atoms with van der Waals surface area (Å²) in [5.74, 6) is -2.14. The third-order valence-electron chi connectivity index (χ3n) is 13.9. The van der Waals surface area contributed by atoms with Crippen LogP contribution in [0.3, 0.4) is 0 Å². The largest absolute Gasteiger partial charge is 0.481 e. The fourth-order valence-electron chi connectivity index (χ4n) is 11.4. The third kappa shape index (κ3) is 9.41. The molecule has 0 saturated heterocycles. The summed E-state index contributed by atoms with van der Waals surface area (Å²) < 4.78 is 0. The van der Waals surface area contributed by atoms with Gasteiger partial charge in [0.25, 0.3) is 0 Å². The maximum absolute atomic E-state index is 13.2. The molecular weight excluding hydrogens is 660 g/mol. The number of aliphatic hydroxyl groups is 1. The number of hydrogen-bond donors (Lipinski definition) is 7. The number of nitrogens with two attached hydrogens (primary N) is 1. The lowest BCUT2D eigenvalue weighted by molar-refractivity contribution is -0.170. The van der Waals surface area contributed by atoms with E-state index in [1.807, 2.05) is 0 Å². The van der Waals surface area contributed by atoms with Gasteiger partial charge in [0, 0.05) is 45.1 Å².